The molecule has 9 heteroatoms. The van der Waals surface area contributed by atoms with Crippen molar-refractivity contribution in [2.45, 2.75) is 27.4 Å². The van der Waals surface area contributed by atoms with Gasteiger partial charge in [0.25, 0.3) is 0 Å². The normalized spacial score (nSPS) is 13.4. The van der Waals surface area contributed by atoms with E-state index in [2.05, 4.69) is 28.4 Å². The topological polar surface area (TPSA) is 46.1 Å². The molecule has 0 bridgehead atoms. The molecule has 1 aliphatic rings. The van der Waals surface area contributed by atoms with Crippen LogP contribution in [0.4, 0.5) is 0 Å². The average molecular weight is 482 g/mol. The second-order valence-corrected chi connectivity index (χ2v) is 10.7. The summed E-state index contributed by atoms with van der Waals surface area (Å²) < 4.78 is 1.63. The molecule has 3 aromatic rings. The van der Waals surface area contributed by atoms with Gasteiger partial charge in [-0.3, -0.25) is 4.79 Å². The fourth-order valence-electron chi connectivity index (χ4n) is 3.04. The van der Waals surface area contributed by atoms with Crippen molar-refractivity contribution in [1.82, 2.24) is 15.1 Å². The van der Waals surface area contributed by atoms with Gasteiger partial charge in [-0.15, -0.1) is 10.2 Å². The first-order valence-electron chi connectivity index (χ1n) is 8.96. The van der Waals surface area contributed by atoms with E-state index in [1.165, 1.54) is 34.2 Å². The lowest BCUT2D eigenvalue weighted by Gasteiger charge is -2.28. The monoisotopic (exact) mass is 481 g/mol. The highest BCUT2D eigenvalue weighted by Crippen LogP contribution is 2.34. The van der Waals surface area contributed by atoms with Gasteiger partial charge in [0.1, 0.15) is 0 Å². The zero-order valence-electron chi connectivity index (χ0n) is 15.3. The fourth-order valence-corrected chi connectivity index (χ4v) is 6.71. The van der Waals surface area contributed by atoms with Crippen LogP contribution in [0.5, 0.6) is 0 Å². The maximum absolute atomic E-state index is 12.6. The smallest absolute Gasteiger partial charge is 0.233 e. The first kappa shape index (κ1) is 21.0. The SMILES string of the molecule is O=C(CSc1nnc(SCc2c(Cl)cccc2Cl)s1)N1CCc2ccccc2C1. The zero-order chi connectivity index (χ0) is 20.2. The minimum atomic E-state index is 0.136. The maximum atomic E-state index is 12.6. The third kappa shape index (κ3) is 5.27. The number of halogens is 2. The molecule has 0 atom stereocenters. The number of nitrogens with zero attached hydrogens (tertiary/aromatic N) is 3. The van der Waals surface area contributed by atoms with Crippen LogP contribution in [-0.2, 0) is 23.5 Å². The van der Waals surface area contributed by atoms with Gasteiger partial charge >= 0.3 is 0 Å². The average Bonchev–Trinajstić information content (AvgIpc) is 3.19. The van der Waals surface area contributed by atoms with Crippen molar-refractivity contribution in [3.05, 3.63) is 69.2 Å². The molecule has 1 aromatic heterocycles. The van der Waals surface area contributed by atoms with Crippen molar-refractivity contribution in [1.29, 1.82) is 0 Å². The number of carbonyl (C=O) groups is 1. The van der Waals surface area contributed by atoms with E-state index in [1.54, 1.807) is 11.8 Å². The van der Waals surface area contributed by atoms with Gasteiger partial charge in [-0.2, -0.15) is 0 Å². The molecular weight excluding hydrogens is 465 g/mol. The highest BCUT2D eigenvalue weighted by Gasteiger charge is 2.21. The molecule has 0 unspecified atom stereocenters. The van der Waals surface area contributed by atoms with Crippen molar-refractivity contribution >= 4 is 64.0 Å². The Balaban J connectivity index is 1.29. The molecule has 0 radical (unpaired) electrons. The Bertz CT molecular complexity index is 1010. The van der Waals surface area contributed by atoms with Crippen LogP contribution in [0.25, 0.3) is 0 Å². The Morgan fingerprint density at radius 1 is 1.00 bits per heavy atom. The molecular formula is C20H17Cl2N3OS3. The lowest BCUT2D eigenvalue weighted by Crippen LogP contribution is -2.37. The fraction of sp³-hybridized carbons (Fsp3) is 0.250. The molecule has 4 nitrogen and oxygen atoms in total. The molecule has 150 valence electrons. The molecule has 0 fully saturated rings. The zero-order valence-corrected chi connectivity index (χ0v) is 19.3. The molecule has 29 heavy (non-hydrogen) atoms. The van der Waals surface area contributed by atoms with Crippen LogP contribution in [0.3, 0.4) is 0 Å². The van der Waals surface area contributed by atoms with Gasteiger partial charge in [0.15, 0.2) is 8.68 Å². The summed E-state index contributed by atoms with van der Waals surface area (Å²) >= 11 is 16.9. The van der Waals surface area contributed by atoms with Crippen LogP contribution in [0.15, 0.2) is 51.1 Å². The lowest BCUT2D eigenvalue weighted by atomic mass is 10.00. The summed E-state index contributed by atoms with van der Waals surface area (Å²) in [6, 6.07) is 13.8. The minimum absolute atomic E-state index is 0.136. The van der Waals surface area contributed by atoms with E-state index < -0.39 is 0 Å². The third-order valence-corrected chi connectivity index (χ3v) is 8.50. The van der Waals surface area contributed by atoms with Gasteiger partial charge in [-0.1, -0.05) is 88.4 Å². The summed E-state index contributed by atoms with van der Waals surface area (Å²) in [5.74, 6) is 1.14. The number of aromatic nitrogens is 2. The number of fused-ring (bicyclic) bond motifs is 1. The van der Waals surface area contributed by atoms with E-state index in [9.17, 15) is 4.79 Å². The summed E-state index contributed by atoms with van der Waals surface area (Å²) in [5, 5.41) is 9.71. The van der Waals surface area contributed by atoms with Crippen LogP contribution in [0, 0.1) is 0 Å². The number of benzene rings is 2. The predicted molar refractivity (Wildman–Crippen MR) is 122 cm³/mol. The van der Waals surface area contributed by atoms with E-state index in [-0.39, 0.29) is 5.91 Å². The molecule has 4 rings (SSSR count). The van der Waals surface area contributed by atoms with E-state index >= 15 is 0 Å². The van der Waals surface area contributed by atoms with Crippen molar-refractivity contribution in [2.75, 3.05) is 12.3 Å². The van der Waals surface area contributed by atoms with E-state index in [0.717, 1.165) is 27.2 Å². The van der Waals surface area contributed by atoms with E-state index in [1.807, 2.05) is 29.2 Å². The highest BCUT2D eigenvalue weighted by atomic mass is 35.5. The first-order valence-corrected chi connectivity index (χ1v) is 12.5. The van der Waals surface area contributed by atoms with Crippen molar-refractivity contribution in [3.63, 3.8) is 0 Å². The van der Waals surface area contributed by atoms with Crippen LogP contribution in [0.2, 0.25) is 10.0 Å². The standard InChI is InChI=1S/C20H17Cl2N3OS3/c21-16-6-3-7-17(22)15(16)11-27-19-23-24-20(29-19)28-12-18(26)25-9-8-13-4-1-2-5-14(13)10-25/h1-7H,8-12H2. The van der Waals surface area contributed by atoms with Crippen LogP contribution < -0.4 is 0 Å². The Hall–Kier alpha value is -1.25. The number of rotatable bonds is 6. The van der Waals surface area contributed by atoms with E-state index in [4.69, 9.17) is 23.2 Å². The number of thioether (sulfide) groups is 2. The first-order chi connectivity index (χ1) is 14.1. The number of carbonyl (C=O) groups excluding carboxylic acids is 1. The molecule has 1 amide bonds. The second-order valence-electron chi connectivity index (χ2n) is 6.45. The number of amides is 1. The second kappa shape index (κ2) is 9.71. The number of hydrogen-bond donors (Lipinski definition) is 0. The van der Waals surface area contributed by atoms with Gasteiger partial charge in [0.05, 0.1) is 5.75 Å². The Morgan fingerprint density at radius 2 is 1.69 bits per heavy atom. The molecule has 2 heterocycles. The highest BCUT2D eigenvalue weighted by molar-refractivity contribution is 8.03. The predicted octanol–water partition coefficient (Wildman–Crippen LogP) is 5.81. The van der Waals surface area contributed by atoms with Gasteiger partial charge in [0, 0.05) is 28.9 Å². The van der Waals surface area contributed by atoms with Gasteiger partial charge in [0.2, 0.25) is 5.91 Å². The Morgan fingerprint density at radius 3 is 2.45 bits per heavy atom. The third-order valence-electron chi connectivity index (χ3n) is 4.59. The van der Waals surface area contributed by atoms with Crippen molar-refractivity contribution in [2.24, 2.45) is 0 Å². The molecule has 2 aromatic carbocycles. The van der Waals surface area contributed by atoms with Crippen LogP contribution in [0.1, 0.15) is 16.7 Å². The molecule has 0 saturated carbocycles. The largest absolute Gasteiger partial charge is 0.337 e. The molecule has 0 saturated heterocycles. The summed E-state index contributed by atoms with van der Waals surface area (Å²) in [7, 11) is 0. The summed E-state index contributed by atoms with van der Waals surface area (Å²) in [5.41, 5.74) is 3.48. The Kier molecular flexibility index (Phi) is 7.03. The van der Waals surface area contributed by atoms with Crippen LogP contribution >= 0.6 is 58.1 Å². The molecule has 0 aliphatic carbocycles. The summed E-state index contributed by atoms with van der Waals surface area (Å²) in [6.07, 6.45) is 0.913. The molecule has 0 spiro atoms. The van der Waals surface area contributed by atoms with Gasteiger partial charge < -0.3 is 4.90 Å². The summed E-state index contributed by atoms with van der Waals surface area (Å²) in [6.45, 7) is 1.46. The summed E-state index contributed by atoms with van der Waals surface area (Å²) in [4.78, 5) is 14.5. The minimum Gasteiger partial charge on any atom is -0.337 e. The van der Waals surface area contributed by atoms with E-state index in [0.29, 0.717) is 28.1 Å². The van der Waals surface area contributed by atoms with Crippen molar-refractivity contribution in [3.8, 4) is 0 Å². The molecule has 1 aliphatic heterocycles. The van der Waals surface area contributed by atoms with Gasteiger partial charge in [-0.25, -0.2) is 0 Å². The van der Waals surface area contributed by atoms with Crippen LogP contribution in [-0.4, -0.2) is 33.3 Å². The Labute approximate surface area is 192 Å². The quantitative estimate of drug-likeness (QED) is 0.415. The lowest BCUT2D eigenvalue weighted by molar-refractivity contribution is -0.129. The van der Waals surface area contributed by atoms with Crippen molar-refractivity contribution < 1.29 is 4.79 Å². The maximum Gasteiger partial charge on any atom is 0.233 e. The number of hydrogen-bond acceptors (Lipinski definition) is 6. The molecule has 0 N–H and O–H groups in total. The van der Waals surface area contributed by atoms with Gasteiger partial charge in [-0.05, 0) is 35.2 Å².